The van der Waals surface area contributed by atoms with E-state index in [-0.39, 0.29) is 0 Å². The maximum atomic E-state index is 5.86. The zero-order valence-corrected chi connectivity index (χ0v) is 9.52. The van der Waals surface area contributed by atoms with Gasteiger partial charge in [0.2, 0.25) is 5.95 Å². The number of nitrogens with one attached hydrogen (secondary N) is 2. The van der Waals surface area contributed by atoms with Crippen LogP contribution in [0.1, 0.15) is 5.69 Å². The molecule has 86 valence electrons. The minimum atomic E-state index is 0.557. The Kier molecular flexibility index (Phi) is 2.41. The average Bonchev–Trinajstić information content (AvgIpc) is 2.94. The Morgan fingerprint density at radius 3 is 3.12 bits per heavy atom. The first-order valence-electron chi connectivity index (χ1n) is 5.05. The minimum Gasteiger partial charge on any atom is -0.347 e. The molecule has 3 heterocycles. The number of hydrogen-bond acceptors (Lipinski definition) is 4. The molecule has 0 amide bonds. The van der Waals surface area contributed by atoms with Gasteiger partial charge in [0.05, 0.1) is 17.3 Å². The summed E-state index contributed by atoms with van der Waals surface area (Å²) in [6.07, 6.45) is 3.42. The maximum Gasteiger partial charge on any atom is 0.243 e. The van der Waals surface area contributed by atoms with E-state index in [1.54, 1.807) is 23.0 Å². The highest BCUT2D eigenvalue weighted by Gasteiger charge is 2.03. The number of hydrogen-bond donors (Lipinski definition) is 2. The fraction of sp³-hybridized carbons (Fsp3) is 0.100. The summed E-state index contributed by atoms with van der Waals surface area (Å²) in [6, 6.07) is 5.49. The lowest BCUT2D eigenvalue weighted by Crippen LogP contribution is -2.01. The number of aromatic nitrogens is 5. The Bertz CT molecular complexity index is 629. The SMILES string of the molecule is Clc1ccc2nc(NCc3ccn[nH]3)nn2c1. The number of H-pyrrole nitrogens is 1. The van der Waals surface area contributed by atoms with E-state index in [9.17, 15) is 0 Å². The fourth-order valence-electron chi connectivity index (χ4n) is 1.49. The molecule has 0 fully saturated rings. The van der Waals surface area contributed by atoms with Crippen molar-refractivity contribution in [3.8, 4) is 0 Å². The van der Waals surface area contributed by atoms with E-state index in [4.69, 9.17) is 11.6 Å². The average molecular weight is 249 g/mol. The second-order valence-electron chi connectivity index (χ2n) is 3.52. The molecule has 3 rings (SSSR count). The fourth-order valence-corrected chi connectivity index (χ4v) is 1.65. The number of aromatic amines is 1. The maximum absolute atomic E-state index is 5.86. The van der Waals surface area contributed by atoms with Crippen molar-refractivity contribution in [2.75, 3.05) is 5.32 Å². The summed E-state index contributed by atoms with van der Waals surface area (Å²) in [5, 5.41) is 14.7. The van der Waals surface area contributed by atoms with Gasteiger partial charge in [-0.3, -0.25) is 5.10 Å². The van der Waals surface area contributed by atoms with Crippen LogP contribution in [-0.4, -0.2) is 24.8 Å². The highest BCUT2D eigenvalue weighted by molar-refractivity contribution is 6.30. The molecule has 0 aliphatic heterocycles. The van der Waals surface area contributed by atoms with Gasteiger partial charge in [-0.2, -0.15) is 10.1 Å². The van der Waals surface area contributed by atoms with E-state index in [1.165, 1.54) is 0 Å². The molecule has 0 atom stereocenters. The van der Waals surface area contributed by atoms with Crippen molar-refractivity contribution in [1.29, 1.82) is 0 Å². The van der Waals surface area contributed by atoms with Gasteiger partial charge in [-0.15, -0.1) is 5.10 Å². The quantitative estimate of drug-likeness (QED) is 0.740. The molecule has 17 heavy (non-hydrogen) atoms. The lowest BCUT2D eigenvalue weighted by atomic mass is 10.4. The monoisotopic (exact) mass is 248 g/mol. The summed E-state index contributed by atoms with van der Waals surface area (Å²) in [4.78, 5) is 4.30. The van der Waals surface area contributed by atoms with Gasteiger partial charge in [0.25, 0.3) is 0 Å². The van der Waals surface area contributed by atoms with Gasteiger partial charge in [0.1, 0.15) is 0 Å². The lowest BCUT2D eigenvalue weighted by molar-refractivity contribution is 0.932. The molecule has 0 aliphatic rings. The number of fused-ring (bicyclic) bond motifs is 1. The summed E-state index contributed by atoms with van der Waals surface area (Å²) in [5.41, 5.74) is 1.73. The van der Waals surface area contributed by atoms with Crippen molar-refractivity contribution in [2.45, 2.75) is 6.54 Å². The summed E-state index contributed by atoms with van der Waals surface area (Å²) < 4.78 is 1.64. The third kappa shape index (κ3) is 2.07. The minimum absolute atomic E-state index is 0.557. The first-order valence-corrected chi connectivity index (χ1v) is 5.43. The lowest BCUT2D eigenvalue weighted by Gasteiger charge is -1.96. The van der Waals surface area contributed by atoms with Crippen LogP contribution in [0.4, 0.5) is 5.95 Å². The predicted octanol–water partition coefficient (Wildman–Crippen LogP) is 1.72. The van der Waals surface area contributed by atoms with Crippen LogP contribution in [0.3, 0.4) is 0 Å². The van der Waals surface area contributed by atoms with Crippen molar-refractivity contribution in [1.82, 2.24) is 24.8 Å². The van der Waals surface area contributed by atoms with Crippen molar-refractivity contribution >= 4 is 23.2 Å². The van der Waals surface area contributed by atoms with E-state index in [0.717, 1.165) is 11.3 Å². The van der Waals surface area contributed by atoms with Gasteiger partial charge in [-0.05, 0) is 18.2 Å². The van der Waals surface area contributed by atoms with E-state index in [2.05, 4.69) is 25.6 Å². The van der Waals surface area contributed by atoms with Crippen LogP contribution in [0.25, 0.3) is 5.65 Å². The third-order valence-electron chi connectivity index (χ3n) is 2.29. The Morgan fingerprint density at radius 2 is 2.29 bits per heavy atom. The van der Waals surface area contributed by atoms with Gasteiger partial charge in [-0.1, -0.05) is 11.6 Å². The molecule has 3 aromatic heterocycles. The molecule has 0 bridgehead atoms. The molecular weight excluding hydrogens is 240 g/mol. The molecular formula is C10H9ClN6. The highest BCUT2D eigenvalue weighted by Crippen LogP contribution is 2.11. The van der Waals surface area contributed by atoms with Crippen LogP contribution < -0.4 is 5.32 Å². The molecule has 0 saturated carbocycles. The summed E-state index contributed by atoms with van der Waals surface area (Å²) in [7, 11) is 0. The number of halogens is 1. The summed E-state index contributed by atoms with van der Waals surface area (Å²) >= 11 is 5.86. The first-order chi connectivity index (χ1) is 8.31. The van der Waals surface area contributed by atoms with Gasteiger partial charge in [0, 0.05) is 12.4 Å². The smallest absolute Gasteiger partial charge is 0.243 e. The van der Waals surface area contributed by atoms with Crippen LogP contribution in [0.5, 0.6) is 0 Å². The van der Waals surface area contributed by atoms with Crippen LogP contribution in [0, 0.1) is 0 Å². The van der Waals surface area contributed by atoms with Gasteiger partial charge in [-0.25, -0.2) is 4.52 Å². The Balaban J connectivity index is 1.81. The third-order valence-corrected chi connectivity index (χ3v) is 2.51. The Morgan fingerprint density at radius 1 is 1.35 bits per heavy atom. The van der Waals surface area contributed by atoms with Gasteiger partial charge >= 0.3 is 0 Å². The van der Waals surface area contributed by atoms with E-state index >= 15 is 0 Å². The van der Waals surface area contributed by atoms with Gasteiger partial charge < -0.3 is 5.32 Å². The number of pyridine rings is 1. The molecule has 0 aromatic carbocycles. The van der Waals surface area contributed by atoms with Crippen LogP contribution in [0.15, 0.2) is 30.6 Å². The second-order valence-corrected chi connectivity index (χ2v) is 3.96. The topological polar surface area (TPSA) is 70.9 Å². The molecule has 0 aliphatic carbocycles. The largest absolute Gasteiger partial charge is 0.347 e. The predicted molar refractivity (Wildman–Crippen MR) is 63.9 cm³/mol. The Hall–Kier alpha value is -2.08. The number of rotatable bonds is 3. The standard InChI is InChI=1S/C10H9ClN6/c11-7-1-2-9-14-10(16-17(9)6-7)12-5-8-3-4-13-15-8/h1-4,6H,5H2,(H,12,16)(H,13,15). The number of anilines is 1. The zero-order chi connectivity index (χ0) is 11.7. The molecule has 0 unspecified atom stereocenters. The Labute approximate surface area is 102 Å². The summed E-state index contributed by atoms with van der Waals surface area (Å²) in [6.45, 7) is 0.602. The second kappa shape index (κ2) is 4.06. The van der Waals surface area contributed by atoms with E-state index in [1.807, 2.05) is 12.1 Å². The van der Waals surface area contributed by atoms with E-state index in [0.29, 0.717) is 17.5 Å². The van der Waals surface area contributed by atoms with Crippen molar-refractivity contribution in [2.24, 2.45) is 0 Å². The molecule has 7 heteroatoms. The van der Waals surface area contributed by atoms with Crippen LogP contribution >= 0.6 is 11.6 Å². The molecule has 2 N–H and O–H groups in total. The zero-order valence-electron chi connectivity index (χ0n) is 8.76. The molecule has 0 spiro atoms. The van der Waals surface area contributed by atoms with Crippen LogP contribution in [-0.2, 0) is 6.54 Å². The summed E-state index contributed by atoms with van der Waals surface area (Å²) in [5.74, 6) is 0.557. The molecule has 3 aromatic rings. The first kappa shape index (κ1) is 10.1. The van der Waals surface area contributed by atoms with Crippen molar-refractivity contribution < 1.29 is 0 Å². The molecule has 0 saturated heterocycles. The highest BCUT2D eigenvalue weighted by atomic mass is 35.5. The van der Waals surface area contributed by atoms with Crippen molar-refractivity contribution in [3.63, 3.8) is 0 Å². The molecule has 6 nitrogen and oxygen atoms in total. The normalized spacial score (nSPS) is 10.9. The van der Waals surface area contributed by atoms with Crippen molar-refractivity contribution in [3.05, 3.63) is 41.3 Å². The van der Waals surface area contributed by atoms with Gasteiger partial charge in [0.15, 0.2) is 5.65 Å². The molecule has 0 radical (unpaired) electrons. The van der Waals surface area contributed by atoms with Crippen LogP contribution in [0.2, 0.25) is 5.02 Å². The number of nitrogens with zero attached hydrogens (tertiary/aromatic N) is 4. The van der Waals surface area contributed by atoms with E-state index < -0.39 is 0 Å².